The van der Waals surface area contributed by atoms with Gasteiger partial charge in [0.25, 0.3) is 0 Å². The number of hydrogen-bond acceptors (Lipinski definition) is 4. The number of hydrogen-bond donors (Lipinski definition) is 3. The van der Waals surface area contributed by atoms with E-state index in [1.165, 1.54) is 0 Å². The zero-order valence-corrected chi connectivity index (χ0v) is 9.72. The van der Waals surface area contributed by atoms with Crippen LogP contribution in [0.4, 0.5) is 0 Å². The van der Waals surface area contributed by atoms with Gasteiger partial charge < -0.3 is 20.8 Å². The second kappa shape index (κ2) is 6.12. The third-order valence-electron chi connectivity index (χ3n) is 2.55. The van der Waals surface area contributed by atoms with E-state index >= 15 is 0 Å². The Morgan fingerprint density at radius 3 is 3.00 bits per heavy atom. The van der Waals surface area contributed by atoms with Gasteiger partial charge in [0.1, 0.15) is 11.7 Å². The molecule has 0 aliphatic rings. The number of imidazole rings is 1. The van der Waals surface area contributed by atoms with Gasteiger partial charge in [-0.2, -0.15) is 0 Å². The molecule has 0 saturated carbocycles. The average molecular weight is 225 g/mol. The van der Waals surface area contributed by atoms with Crippen LogP contribution in [0.5, 0.6) is 0 Å². The standard InChI is InChI=1S/C10H19N5O/c1-3-8(6-9(11)14-16)13-7-10-12-4-5-15(10)2/h4-5,8,13,16H,3,6-7H2,1-2H3,(H2,11,14). The van der Waals surface area contributed by atoms with Crippen LogP contribution < -0.4 is 11.1 Å². The molecule has 1 heterocycles. The molecule has 0 fully saturated rings. The summed E-state index contributed by atoms with van der Waals surface area (Å²) in [6, 6.07) is 0.201. The van der Waals surface area contributed by atoms with Crippen LogP contribution in [0.3, 0.4) is 0 Å². The molecule has 1 rings (SSSR count). The zero-order valence-electron chi connectivity index (χ0n) is 9.72. The Labute approximate surface area is 95.2 Å². The Hall–Kier alpha value is -1.56. The lowest BCUT2D eigenvalue weighted by molar-refractivity contribution is 0.315. The largest absolute Gasteiger partial charge is 0.409 e. The summed E-state index contributed by atoms with van der Waals surface area (Å²) >= 11 is 0. The molecule has 16 heavy (non-hydrogen) atoms. The molecule has 0 spiro atoms. The topological polar surface area (TPSA) is 88.5 Å². The lowest BCUT2D eigenvalue weighted by Crippen LogP contribution is -2.33. The van der Waals surface area contributed by atoms with Gasteiger partial charge in [-0.1, -0.05) is 12.1 Å². The third kappa shape index (κ3) is 3.54. The fraction of sp³-hybridized carbons (Fsp3) is 0.600. The van der Waals surface area contributed by atoms with Crippen molar-refractivity contribution in [1.82, 2.24) is 14.9 Å². The second-order valence-corrected chi connectivity index (χ2v) is 3.74. The van der Waals surface area contributed by atoms with Crippen molar-refractivity contribution in [3.63, 3.8) is 0 Å². The predicted molar refractivity (Wildman–Crippen MR) is 62.2 cm³/mol. The monoisotopic (exact) mass is 225 g/mol. The Morgan fingerprint density at radius 2 is 2.50 bits per heavy atom. The molecule has 0 aliphatic heterocycles. The van der Waals surface area contributed by atoms with Crippen molar-refractivity contribution in [2.75, 3.05) is 0 Å². The number of amidine groups is 1. The Balaban J connectivity index is 2.43. The highest BCUT2D eigenvalue weighted by atomic mass is 16.4. The molecule has 0 radical (unpaired) electrons. The van der Waals surface area contributed by atoms with Gasteiger partial charge in [-0.05, 0) is 6.42 Å². The summed E-state index contributed by atoms with van der Waals surface area (Å²) in [6.07, 6.45) is 5.13. The smallest absolute Gasteiger partial charge is 0.140 e. The van der Waals surface area contributed by atoms with Gasteiger partial charge in [-0.15, -0.1) is 0 Å². The molecule has 0 saturated heterocycles. The van der Waals surface area contributed by atoms with Gasteiger partial charge in [0.2, 0.25) is 0 Å². The maximum Gasteiger partial charge on any atom is 0.140 e. The SMILES string of the molecule is CCC(CC(N)=NO)NCc1nccn1C. The zero-order chi connectivity index (χ0) is 12.0. The van der Waals surface area contributed by atoms with Crippen LogP contribution in [0, 0.1) is 0 Å². The van der Waals surface area contributed by atoms with E-state index in [-0.39, 0.29) is 11.9 Å². The van der Waals surface area contributed by atoms with Gasteiger partial charge in [-0.25, -0.2) is 4.98 Å². The number of nitrogens with two attached hydrogens (primary N) is 1. The maximum absolute atomic E-state index is 8.49. The van der Waals surface area contributed by atoms with Crippen molar-refractivity contribution in [3.8, 4) is 0 Å². The van der Waals surface area contributed by atoms with Crippen LogP contribution in [0.2, 0.25) is 0 Å². The second-order valence-electron chi connectivity index (χ2n) is 3.74. The van der Waals surface area contributed by atoms with Crippen LogP contribution in [-0.4, -0.2) is 26.6 Å². The first-order valence-electron chi connectivity index (χ1n) is 5.33. The van der Waals surface area contributed by atoms with E-state index in [4.69, 9.17) is 10.9 Å². The highest BCUT2D eigenvalue weighted by molar-refractivity contribution is 5.80. The van der Waals surface area contributed by atoms with E-state index < -0.39 is 0 Å². The molecule has 0 aliphatic carbocycles. The van der Waals surface area contributed by atoms with Crippen LogP contribution in [0.15, 0.2) is 17.5 Å². The van der Waals surface area contributed by atoms with Crippen LogP contribution in [0.1, 0.15) is 25.6 Å². The molecule has 0 amide bonds. The highest BCUT2D eigenvalue weighted by Crippen LogP contribution is 2.00. The number of aryl methyl sites for hydroxylation is 1. The quantitative estimate of drug-likeness (QED) is 0.283. The number of nitrogens with one attached hydrogen (secondary N) is 1. The minimum atomic E-state index is 0.201. The van der Waals surface area contributed by atoms with Gasteiger partial charge >= 0.3 is 0 Å². The van der Waals surface area contributed by atoms with Crippen molar-refractivity contribution in [2.45, 2.75) is 32.4 Å². The van der Waals surface area contributed by atoms with Crippen molar-refractivity contribution >= 4 is 5.84 Å². The molecular weight excluding hydrogens is 206 g/mol. The summed E-state index contributed by atoms with van der Waals surface area (Å²) in [4.78, 5) is 4.21. The predicted octanol–water partition coefficient (Wildman–Crippen LogP) is 0.425. The Morgan fingerprint density at radius 1 is 1.75 bits per heavy atom. The molecule has 6 heteroatoms. The molecule has 1 aromatic rings. The maximum atomic E-state index is 8.49. The average Bonchev–Trinajstić information content (AvgIpc) is 2.69. The normalized spacial score (nSPS) is 14.0. The van der Waals surface area contributed by atoms with Crippen LogP contribution >= 0.6 is 0 Å². The van der Waals surface area contributed by atoms with E-state index in [9.17, 15) is 0 Å². The van der Waals surface area contributed by atoms with Crippen molar-refractivity contribution in [1.29, 1.82) is 0 Å². The molecular formula is C10H19N5O. The molecule has 6 nitrogen and oxygen atoms in total. The number of oxime groups is 1. The summed E-state index contributed by atoms with van der Waals surface area (Å²) in [5.74, 6) is 1.22. The number of rotatable bonds is 6. The van der Waals surface area contributed by atoms with Crippen molar-refractivity contribution in [3.05, 3.63) is 18.2 Å². The minimum Gasteiger partial charge on any atom is -0.409 e. The first-order chi connectivity index (χ1) is 7.67. The molecule has 4 N–H and O–H groups in total. The van der Waals surface area contributed by atoms with Crippen molar-refractivity contribution in [2.24, 2.45) is 17.9 Å². The molecule has 0 aromatic carbocycles. The Kier molecular flexibility index (Phi) is 4.78. The highest BCUT2D eigenvalue weighted by Gasteiger charge is 2.09. The number of aromatic nitrogens is 2. The summed E-state index contributed by atoms with van der Waals surface area (Å²) < 4.78 is 1.96. The molecule has 1 atom stereocenters. The molecule has 1 aromatic heterocycles. The Bertz CT molecular complexity index is 347. The van der Waals surface area contributed by atoms with E-state index in [0.717, 1.165) is 12.2 Å². The van der Waals surface area contributed by atoms with E-state index in [1.54, 1.807) is 6.20 Å². The molecule has 90 valence electrons. The summed E-state index contributed by atoms with van der Waals surface area (Å²) in [6.45, 7) is 2.74. The first kappa shape index (κ1) is 12.5. The minimum absolute atomic E-state index is 0.201. The fourth-order valence-corrected chi connectivity index (χ4v) is 1.46. The lowest BCUT2D eigenvalue weighted by Gasteiger charge is -2.15. The molecule has 0 bridgehead atoms. The van der Waals surface area contributed by atoms with Gasteiger partial charge in [0.05, 0.1) is 6.54 Å². The number of nitrogens with zero attached hydrogens (tertiary/aromatic N) is 3. The fourth-order valence-electron chi connectivity index (χ4n) is 1.46. The summed E-state index contributed by atoms with van der Waals surface area (Å²) in [5, 5.41) is 14.8. The third-order valence-corrected chi connectivity index (χ3v) is 2.55. The van der Waals surface area contributed by atoms with Crippen molar-refractivity contribution < 1.29 is 5.21 Å². The van der Waals surface area contributed by atoms with E-state index in [0.29, 0.717) is 13.0 Å². The van der Waals surface area contributed by atoms with Crippen LogP contribution in [0.25, 0.3) is 0 Å². The summed E-state index contributed by atoms with van der Waals surface area (Å²) in [5.41, 5.74) is 5.47. The molecule has 1 unspecified atom stereocenters. The lowest BCUT2D eigenvalue weighted by atomic mass is 10.1. The van der Waals surface area contributed by atoms with Gasteiger partial charge in [0.15, 0.2) is 0 Å². The first-order valence-corrected chi connectivity index (χ1v) is 5.33. The van der Waals surface area contributed by atoms with Gasteiger partial charge in [-0.3, -0.25) is 0 Å². The van der Waals surface area contributed by atoms with E-state index in [2.05, 4.69) is 22.4 Å². The van der Waals surface area contributed by atoms with Crippen LogP contribution in [-0.2, 0) is 13.6 Å². The van der Waals surface area contributed by atoms with Gasteiger partial charge in [0, 0.05) is 31.9 Å². The summed E-state index contributed by atoms with van der Waals surface area (Å²) in [7, 11) is 1.95. The van der Waals surface area contributed by atoms with E-state index in [1.807, 2.05) is 17.8 Å².